The number of hydrogen-bond donors (Lipinski definition) is 0. The summed E-state index contributed by atoms with van der Waals surface area (Å²) in [4.78, 5) is 33.3. The number of carbonyl (C=O) groups excluding carboxylic acids is 2. The predicted octanol–water partition coefficient (Wildman–Crippen LogP) is 1.91. The van der Waals surface area contributed by atoms with Gasteiger partial charge in [-0.15, -0.1) is 11.3 Å². The van der Waals surface area contributed by atoms with Crippen molar-refractivity contribution >= 4 is 23.2 Å². The van der Waals surface area contributed by atoms with Gasteiger partial charge in [0.05, 0.1) is 19.1 Å². The Kier molecular flexibility index (Phi) is 5.84. The first-order chi connectivity index (χ1) is 11.7. The van der Waals surface area contributed by atoms with Crippen LogP contribution in [0, 0.1) is 5.92 Å². The van der Waals surface area contributed by atoms with E-state index < -0.39 is 0 Å². The maximum absolute atomic E-state index is 13.0. The maximum atomic E-state index is 13.0. The van der Waals surface area contributed by atoms with Gasteiger partial charge in [-0.05, 0) is 12.8 Å². The number of ether oxygens (including phenoxy) is 1. The minimum atomic E-state index is -0.227. The zero-order valence-corrected chi connectivity index (χ0v) is 15.0. The quantitative estimate of drug-likeness (QED) is 0.753. The van der Waals surface area contributed by atoms with Crippen LogP contribution in [0.3, 0.4) is 0 Å². The Balaban J connectivity index is 1.64. The molecule has 2 aliphatic rings. The van der Waals surface area contributed by atoms with Crippen LogP contribution in [0.4, 0.5) is 0 Å². The average molecular weight is 351 g/mol. The summed E-state index contributed by atoms with van der Waals surface area (Å²) >= 11 is 1.54. The molecule has 1 aromatic heterocycles. The summed E-state index contributed by atoms with van der Waals surface area (Å²) in [7, 11) is 1.63. The smallest absolute Gasteiger partial charge is 0.228 e. The Morgan fingerprint density at radius 1 is 1.46 bits per heavy atom. The van der Waals surface area contributed by atoms with Crippen LogP contribution in [0.1, 0.15) is 37.1 Å². The van der Waals surface area contributed by atoms with Crippen molar-refractivity contribution < 1.29 is 14.3 Å². The molecule has 6 nitrogen and oxygen atoms in total. The second kappa shape index (κ2) is 8.07. The average Bonchev–Trinajstić information content (AvgIpc) is 3.31. The van der Waals surface area contributed by atoms with Crippen molar-refractivity contribution in [2.45, 2.75) is 44.7 Å². The Hall–Kier alpha value is -1.47. The maximum Gasteiger partial charge on any atom is 0.228 e. The largest absolute Gasteiger partial charge is 0.383 e. The second-order valence-electron chi connectivity index (χ2n) is 6.56. The van der Waals surface area contributed by atoms with E-state index in [4.69, 9.17) is 4.74 Å². The molecule has 132 valence electrons. The van der Waals surface area contributed by atoms with E-state index in [1.807, 2.05) is 10.3 Å². The Morgan fingerprint density at radius 2 is 2.25 bits per heavy atom. The van der Waals surface area contributed by atoms with E-state index in [1.165, 1.54) is 12.8 Å². The van der Waals surface area contributed by atoms with Crippen molar-refractivity contribution in [2.75, 3.05) is 26.8 Å². The molecule has 2 fully saturated rings. The van der Waals surface area contributed by atoms with Crippen molar-refractivity contribution in [3.63, 3.8) is 0 Å². The van der Waals surface area contributed by atoms with Gasteiger partial charge in [0.2, 0.25) is 11.8 Å². The van der Waals surface area contributed by atoms with Gasteiger partial charge in [0.1, 0.15) is 5.01 Å². The van der Waals surface area contributed by atoms with E-state index in [9.17, 15) is 9.59 Å². The number of amides is 2. The van der Waals surface area contributed by atoms with Crippen molar-refractivity contribution in [1.82, 2.24) is 14.8 Å². The van der Waals surface area contributed by atoms with E-state index in [-0.39, 0.29) is 17.7 Å². The molecule has 1 aliphatic carbocycles. The van der Waals surface area contributed by atoms with Gasteiger partial charge in [-0.1, -0.05) is 12.8 Å². The highest BCUT2D eigenvalue weighted by atomic mass is 32.1. The molecule has 0 radical (unpaired) electrons. The number of hydrogen-bond acceptors (Lipinski definition) is 5. The number of methoxy groups -OCH3 is 1. The van der Waals surface area contributed by atoms with Crippen LogP contribution in [0.25, 0.3) is 0 Å². The molecule has 0 spiro atoms. The van der Waals surface area contributed by atoms with Gasteiger partial charge in [-0.25, -0.2) is 4.98 Å². The molecular weight excluding hydrogens is 326 g/mol. The molecule has 1 aliphatic heterocycles. The number of carbonyl (C=O) groups is 2. The molecule has 3 rings (SSSR count). The minimum Gasteiger partial charge on any atom is -0.383 e. The zero-order chi connectivity index (χ0) is 16.9. The van der Waals surface area contributed by atoms with E-state index in [2.05, 4.69) is 4.98 Å². The lowest BCUT2D eigenvalue weighted by Crippen LogP contribution is -2.40. The molecule has 1 aromatic rings. The molecule has 1 saturated carbocycles. The van der Waals surface area contributed by atoms with Crippen molar-refractivity contribution in [1.29, 1.82) is 0 Å². The van der Waals surface area contributed by atoms with Crippen LogP contribution >= 0.6 is 11.3 Å². The van der Waals surface area contributed by atoms with Gasteiger partial charge in [0.15, 0.2) is 0 Å². The summed E-state index contributed by atoms with van der Waals surface area (Å²) in [6.45, 7) is 2.09. The lowest BCUT2D eigenvalue weighted by atomic mass is 10.1. The fourth-order valence-corrected chi connectivity index (χ4v) is 4.32. The van der Waals surface area contributed by atoms with Gasteiger partial charge in [-0.2, -0.15) is 0 Å². The van der Waals surface area contributed by atoms with E-state index in [1.54, 1.807) is 29.5 Å². The molecule has 0 aromatic carbocycles. The van der Waals surface area contributed by atoms with E-state index >= 15 is 0 Å². The van der Waals surface area contributed by atoms with Crippen LogP contribution in [0.5, 0.6) is 0 Å². The van der Waals surface area contributed by atoms with Crippen molar-refractivity contribution in [3.05, 3.63) is 16.6 Å². The summed E-state index contributed by atoms with van der Waals surface area (Å²) in [5, 5.41) is 2.83. The molecule has 1 atom stereocenters. The van der Waals surface area contributed by atoms with Crippen LogP contribution in [0.15, 0.2) is 11.6 Å². The van der Waals surface area contributed by atoms with Crippen LogP contribution in [-0.4, -0.2) is 59.4 Å². The molecule has 0 N–H and O–H groups in total. The third kappa shape index (κ3) is 3.95. The monoisotopic (exact) mass is 351 g/mol. The highest BCUT2D eigenvalue weighted by Gasteiger charge is 2.40. The lowest BCUT2D eigenvalue weighted by molar-refractivity contribution is -0.137. The normalized spacial score (nSPS) is 21.6. The first kappa shape index (κ1) is 17.4. The fraction of sp³-hybridized carbons (Fsp3) is 0.706. The Bertz CT molecular complexity index is 557. The van der Waals surface area contributed by atoms with Crippen molar-refractivity contribution in [2.24, 2.45) is 5.92 Å². The van der Waals surface area contributed by atoms with Gasteiger partial charge in [-0.3, -0.25) is 9.59 Å². The first-order valence-corrected chi connectivity index (χ1v) is 9.52. The molecule has 1 saturated heterocycles. The number of nitrogens with zero attached hydrogens (tertiary/aromatic N) is 3. The van der Waals surface area contributed by atoms with Gasteiger partial charge in [0.25, 0.3) is 0 Å². The minimum absolute atomic E-state index is 0.0519. The summed E-state index contributed by atoms with van der Waals surface area (Å²) in [6.07, 6.45) is 6.64. The fourth-order valence-electron chi connectivity index (χ4n) is 3.69. The lowest BCUT2D eigenvalue weighted by Gasteiger charge is -2.26. The third-order valence-corrected chi connectivity index (χ3v) is 5.72. The summed E-state index contributed by atoms with van der Waals surface area (Å²) in [5.74, 6) is -0.0350. The SMILES string of the molecule is COCCN(Cc1nccs1)C(=O)C1CC(=O)N(C2CCCC2)C1. The molecule has 24 heavy (non-hydrogen) atoms. The summed E-state index contributed by atoms with van der Waals surface area (Å²) in [6, 6.07) is 0.349. The Morgan fingerprint density at radius 3 is 2.92 bits per heavy atom. The van der Waals surface area contributed by atoms with Gasteiger partial charge < -0.3 is 14.5 Å². The van der Waals surface area contributed by atoms with Gasteiger partial charge >= 0.3 is 0 Å². The third-order valence-electron chi connectivity index (χ3n) is 4.96. The number of likely N-dealkylation sites (tertiary alicyclic amines) is 1. The van der Waals surface area contributed by atoms with Crippen LogP contribution in [-0.2, 0) is 20.9 Å². The Labute approximate surface area is 146 Å². The summed E-state index contributed by atoms with van der Waals surface area (Å²) in [5.41, 5.74) is 0. The highest BCUT2D eigenvalue weighted by molar-refractivity contribution is 7.09. The molecular formula is C17H25N3O3S. The van der Waals surface area contributed by atoms with E-state index in [0.29, 0.717) is 38.7 Å². The van der Waals surface area contributed by atoms with Gasteiger partial charge in [0, 0.05) is 44.2 Å². The summed E-state index contributed by atoms with van der Waals surface area (Å²) < 4.78 is 5.14. The van der Waals surface area contributed by atoms with Crippen LogP contribution < -0.4 is 0 Å². The molecule has 7 heteroatoms. The first-order valence-electron chi connectivity index (χ1n) is 8.64. The standard InChI is InChI=1S/C17H25N3O3S/c1-23-8-7-19(12-15-18-6-9-24-15)17(22)13-10-16(21)20(11-13)14-4-2-3-5-14/h6,9,13-14H,2-5,7-8,10-12H2,1H3. The topological polar surface area (TPSA) is 62.7 Å². The number of thiazole rings is 1. The molecule has 2 amide bonds. The molecule has 2 heterocycles. The second-order valence-corrected chi connectivity index (χ2v) is 7.54. The molecule has 0 bridgehead atoms. The predicted molar refractivity (Wildman–Crippen MR) is 91.5 cm³/mol. The molecule has 1 unspecified atom stereocenters. The van der Waals surface area contributed by atoms with Crippen LogP contribution in [0.2, 0.25) is 0 Å². The number of rotatable bonds is 7. The zero-order valence-electron chi connectivity index (χ0n) is 14.1. The van der Waals surface area contributed by atoms with Crippen molar-refractivity contribution in [3.8, 4) is 0 Å². The van der Waals surface area contributed by atoms with E-state index in [0.717, 1.165) is 17.8 Å². The number of aromatic nitrogens is 1. The highest BCUT2D eigenvalue weighted by Crippen LogP contribution is 2.30.